The van der Waals surface area contributed by atoms with Crippen LogP contribution in [0.5, 0.6) is 17.2 Å². The lowest BCUT2D eigenvalue weighted by Gasteiger charge is -2.14. The zero-order valence-corrected chi connectivity index (χ0v) is 22.9. The standard InChI is InChI=1S/C27H23Br2N3O4/c1-3-16(2)26-31-22-7-5-20(29)12-21(22)27(33)32(26)30-13-18-11-19(28)6-9-23(18)34-14-17-4-8-24-25(10-17)36-15-35-24/h4-13,16H,3,14-15H2,1-2H3/t16-/m0/s1. The van der Waals surface area contributed by atoms with Gasteiger partial charge in [0.25, 0.3) is 5.56 Å². The van der Waals surface area contributed by atoms with E-state index < -0.39 is 0 Å². The summed E-state index contributed by atoms with van der Waals surface area (Å²) in [7, 11) is 0. The SMILES string of the molecule is CC[C@H](C)c1nc2ccc(Br)cc2c(=O)n1N=Cc1cc(Br)ccc1OCc1ccc2c(c1)OCO2. The molecule has 2 heterocycles. The van der Waals surface area contributed by atoms with Crippen molar-refractivity contribution in [2.24, 2.45) is 5.10 Å². The summed E-state index contributed by atoms with van der Waals surface area (Å²) in [6, 6.07) is 16.9. The van der Waals surface area contributed by atoms with Crippen LogP contribution in [0.1, 0.15) is 43.1 Å². The summed E-state index contributed by atoms with van der Waals surface area (Å²) in [5, 5.41) is 5.09. The Morgan fingerprint density at radius 1 is 1.08 bits per heavy atom. The van der Waals surface area contributed by atoms with Crippen molar-refractivity contribution >= 4 is 49.0 Å². The fourth-order valence-corrected chi connectivity index (χ4v) is 4.58. The van der Waals surface area contributed by atoms with E-state index >= 15 is 0 Å². The largest absolute Gasteiger partial charge is 0.488 e. The molecule has 0 fully saturated rings. The Kier molecular flexibility index (Phi) is 7.11. The second-order valence-corrected chi connectivity index (χ2v) is 10.3. The smallest absolute Gasteiger partial charge is 0.282 e. The van der Waals surface area contributed by atoms with Gasteiger partial charge < -0.3 is 14.2 Å². The predicted octanol–water partition coefficient (Wildman–Crippen LogP) is 6.62. The molecular formula is C27H23Br2N3O4. The molecule has 0 unspecified atom stereocenters. The van der Waals surface area contributed by atoms with Crippen LogP contribution in [0.2, 0.25) is 0 Å². The van der Waals surface area contributed by atoms with E-state index in [4.69, 9.17) is 19.2 Å². The molecule has 0 spiro atoms. The molecule has 36 heavy (non-hydrogen) atoms. The summed E-state index contributed by atoms with van der Waals surface area (Å²) in [6.07, 6.45) is 2.46. The van der Waals surface area contributed by atoms with Gasteiger partial charge in [-0.05, 0) is 60.5 Å². The summed E-state index contributed by atoms with van der Waals surface area (Å²) < 4.78 is 20.0. The third-order valence-electron chi connectivity index (χ3n) is 6.00. The maximum Gasteiger partial charge on any atom is 0.282 e. The van der Waals surface area contributed by atoms with Gasteiger partial charge in [0.15, 0.2) is 11.5 Å². The van der Waals surface area contributed by atoms with E-state index in [1.807, 2.05) is 55.5 Å². The van der Waals surface area contributed by atoms with Crippen LogP contribution in [0.25, 0.3) is 10.9 Å². The van der Waals surface area contributed by atoms with Gasteiger partial charge in [0.1, 0.15) is 18.2 Å². The summed E-state index contributed by atoms with van der Waals surface area (Å²) in [5.74, 6) is 2.74. The van der Waals surface area contributed by atoms with Crippen LogP contribution >= 0.6 is 31.9 Å². The molecule has 0 N–H and O–H groups in total. The first-order valence-electron chi connectivity index (χ1n) is 11.5. The van der Waals surface area contributed by atoms with E-state index in [9.17, 15) is 4.79 Å². The van der Waals surface area contributed by atoms with E-state index in [0.29, 0.717) is 34.8 Å². The van der Waals surface area contributed by atoms with Crippen LogP contribution < -0.4 is 19.8 Å². The molecule has 0 saturated carbocycles. The summed E-state index contributed by atoms with van der Waals surface area (Å²) in [5.41, 5.74) is 2.11. The lowest BCUT2D eigenvalue weighted by molar-refractivity contribution is 0.174. The van der Waals surface area contributed by atoms with Gasteiger partial charge in [-0.2, -0.15) is 9.78 Å². The van der Waals surface area contributed by atoms with Crippen LogP contribution in [0.4, 0.5) is 0 Å². The molecule has 1 aliphatic rings. The van der Waals surface area contributed by atoms with Gasteiger partial charge >= 0.3 is 0 Å². The molecule has 9 heteroatoms. The molecule has 1 aliphatic heterocycles. The van der Waals surface area contributed by atoms with E-state index in [0.717, 1.165) is 32.2 Å². The van der Waals surface area contributed by atoms with E-state index in [1.54, 1.807) is 12.3 Å². The fraction of sp³-hybridized carbons (Fsp3) is 0.222. The van der Waals surface area contributed by atoms with Crippen LogP contribution in [0.3, 0.4) is 0 Å². The minimum absolute atomic E-state index is 0.0483. The number of halogens is 2. The lowest BCUT2D eigenvalue weighted by Crippen LogP contribution is -2.23. The summed E-state index contributed by atoms with van der Waals surface area (Å²) >= 11 is 6.97. The third kappa shape index (κ3) is 5.03. The van der Waals surface area contributed by atoms with E-state index in [2.05, 4.69) is 43.9 Å². The molecule has 0 radical (unpaired) electrons. The molecule has 3 aromatic carbocycles. The van der Waals surface area contributed by atoms with Gasteiger partial charge in [0.05, 0.1) is 17.1 Å². The number of hydrogen-bond donors (Lipinski definition) is 0. The minimum atomic E-state index is -0.217. The van der Waals surface area contributed by atoms with Crippen LogP contribution in [-0.2, 0) is 6.61 Å². The first-order valence-corrected chi connectivity index (χ1v) is 13.1. The highest BCUT2D eigenvalue weighted by Gasteiger charge is 2.16. The monoisotopic (exact) mass is 611 g/mol. The molecule has 7 nitrogen and oxygen atoms in total. The molecule has 0 bridgehead atoms. The van der Waals surface area contributed by atoms with Crippen LogP contribution in [-0.4, -0.2) is 22.7 Å². The average molecular weight is 613 g/mol. The van der Waals surface area contributed by atoms with E-state index in [-0.39, 0.29) is 18.3 Å². The lowest BCUT2D eigenvalue weighted by atomic mass is 10.1. The topological polar surface area (TPSA) is 74.9 Å². The highest BCUT2D eigenvalue weighted by molar-refractivity contribution is 9.10. The molecular weight excluding hydrogens is 590 g/mol. The van der Waals surface area contributed by atoms with Crippen molar-refractivity contribution in [2.75, 3.05) is 6.79 Å². The molecule has 184 valence electrons. The van der Waals surface area contributed by atoms with Crippen molar-refractivity contribution < 1.29 is 14.2 Å². The van der Waals surface area contributed by atoms with Gasteiger partial charge in [-0.1, -0.05) is 51.8 Å². The molecule has 1 aromatic heterocycles. The number of hydrogen-bond acceptors (Lipinski definition) is 6. The quantitative estimate of drug-likeness (QED) is 0.219. The highest BCUT2D eigenvalue weighted by Crippen LogP contribution is 2.33. The van der Waals surface area contributed by atoms with Gasteiger partial charge in [0.2, 0.25) is 6.79 Å². The van der Waals surface area contributed by atoms with Crippen molar-refractivity contribution in [3.05, 3.63) is 90.8 Å². The number of nitrogens with zero attached hydrogens (tertiary/aromatic N) is 3. The molecule has 1 atom stereocenters. The zero-order valence-electron chi connectivity index (χ0n) is 19.7. The maximum absolute atomic E-state index is 13.4. The number of aromatic nitrogens is 2. The Morgan fingerprint density at radius 3 is 2.69 bits per heavy atom. The Labute approximate surface area is 225 Å². The molecule has 0 amide bonds. The molecule has 0 aliphatic carbocycles. The number of fused-ring (bicyclic) bond motifs is 2. The second kappa shape index (κ2) is 10.4. The number of benzene rings is 3. The van der Waals surface area contributed by atoms with Crippen LogP contribution in [0.15, 0.2) is 73.4 Å². The van der Waals surface area contributed by atoms with E-state index in [1.165, 1.54) is 4.68 Å². The maximum atomic E-state index is 13.4. The van der Waals surface area contributed by atoms with Gasteiger partial charge in [-0.25, -0.2) is 4.98 Å². The normalized spacial score (nSPS) is 13.4. The van der Waals surface area contributed by atoms with Gasteiger partial charge in [0, 0.05) is 20.4 Å². The molecule has 5 rings (SSSR count). The third-order valence-corrected chi connectivity index (χ3v) is 6.99. The first-order chi connectivity index (χ1) is 17.4. The predicted molar refractivity (Wildman–Crippen MR) is 146 cm³/mol. The first kappa shape index (κ1) is 24.5. The van der Waals surface area contributed by atoms with Gasteiger partial charge in [-0.15, -0.1) is 0 Å². The molecule has 4 aromatic rings. The van der Waals surface area contributed by atoms with Gasteiger partial charge in [-0.3, -0.25) is 4.79 Å². The van der Waals surface area contributed by atoms with Crippen molar-refractivity contribution in [3.63, 3.8) is 0 Å². The van der Waals surface area contributed by atoms with Crippen molar-refractivity contribution in [1.29, 1.82) is 0 Å². The Hall–Kier alpha value is -3.17. The Bertz CT molecular complexity index is 1530. The number of ether oxygens (including phenoxy) is 3. The summed E-state index contributed by atoms with van der Waals surface area (Å²) in [4.78, 5) is 18.2. The molecule has 0 saturated heterocycles. The highest BCUT2D eigenvalue weighted by atomic mass is 79.9. The second-order valence-electron chi connectivity index (χ2n) is 8.46. The van der Waals surface area contributed by atoms with Crippen LogP contribution in [0, 0.1) is 0 Å². The van der Waals surface area contributed by atoms with Crippen molar-refractivity contribution in [3.8, 4) is 17.2 Å². The summed E-state index contributed by atoms with van der Waals surface area (Å²) in [6.45, 7) is 4.67. The average Bonchev–Trinajstić information content (AvgIpc) is 3.35. The van der Waals surface area contributed by atoms with Crippen molar-refractivity contribution in [1.82, 2.24) is 9.66 Å². The Morgan fingerprint density at radius 2 is 1.86 bits per heavy atom. The Balaban J connectivity index is 1.49. The fourth-order valence-electron chi connectivity index (χ4n) is 3.84. The zero-order chi connectivity index (χ0) is 25.2. The van der Waals surface area contributed by atoms with Crippen molar-refractivity contribution in [2.45, 2.75) is 32.8 Å². The minimum Gasteiger partial charge on any atom is -0.488 e. The number of rotatable bonds is 7.